The molecule has 1 N–H and O–H groups in total. The fraction of sp³-hybridized carbons (Fsp3) is 0.0909. The average Bonchev–Trinajstić information content (AvgIpc) is 3.11. The lowest BCUT2D eigenvalue weighted by atomic mass is 10.1. The smallest absolute Gasteiger partial charge is 0.262 e. The summed E-state index contributed by atoms with van der Waals surface area (Å²) in [5.41, 5.74) is 4.42. The normalized spacial score (nSPS) is 10.9. The zero-order valence-corrected chi connectivity index (χ0v) is 17.0. The van der Waals surface area contributed by atoms with Crippen molar-refractivity contribution in [3.63, 3.8) is 0 Å². The van der Waals surface area contributed by atoms with Crippen molar-refractivity contribution in [1.82, 2.24) is 9.38 Å². The summed E-state index contributed by atoms with van der Waals surface area (Å²) in [5, 5.41) is 3.69. The number of aryl methyl sites for hydroxylation is 1. The highest BCUT2D eigenvalue weighted by atomic mass is 35.5. The molecule has 2 aromatic carbocycles. The minimum absolute atomic E-state index is 0.167. The summed E-state index contributed by atoms with van der Waals surface area (Å²) in [4.78, 5) is 16.9. The van der Waals surface area contributed by atoms with Crippen molar-refractivity contribution in [1.29, 1.82) is 0 Å². The van der Waals surface area contributed by atoms with E-state index in [0.29, 0.717) is 21.5 Å². The third-order valence-corrected chi connectivity index (χ3v) is 4.82. The predicted molar refractivity (Wildman–Crippen MR) is 116 cm³/mol. The third-order valence-electron chi connectivity index (χ3n) is 4.29. The number of imidazole rings is 1. The molecule has 0 bridgehead atoms. The molecular weight excluding hydrogens is 409 g/mol. The Morgan fingerprint density at radius 3 is 2.79 bits per heavy atom. The van der Waals surface area contributed by atoms with E-state index in [-0.39, 0.29) is 12.5 Å². The first-order valence-electron chi connectivity index (χ1n) is 8.91. The second-order valence-electron chi connectivity index (χ2n) is 6.59. The van der Waals surface area contributed by atoms with E-state index < -0.39 is 0 Å². The Morgan fingerprint density at radius 2 is 1.97 bits per heavy atom. The second kappa shape index (κ2) is 8.15. The quantitative estimate of drug-likeness (QED) is 0.450. The fourth-order valence-electron chi connectivity index (χ4n) is 2.93. The van der Waals surface area contributed by atoms with Crippen LogP contribution in [0.1, 0.15) is 5.56 Å². The number of anilines is 1. The number of carbonyl (C=O) groups excluding carboxylic acids is 1. The first-order valence-corrected chi connectivity index (χ1v) is 9.67. The number of amides is 1. The number of carbonyl (C=O) groups is 1. The van der Waals surface area contributed by atoms with E-state index in [4.69, 9.17) is 27.9 Å². The van der Waals surface area contributed by atoms with Gasteiger partial charge in [0, 0.05) is 28.7 Å². The van der Waals surface area contributed by atoms with Crippen LogP contribution in [0.2, 0.25) is 10.0 Å². The lowest BCUT2D eigenvalue weighted by Crippen LogP contribution is -2.20. The summed E-state index contributed by atoms with van der Waals surface area (Å²) in [6, 6.07) is 16.4. The number of hydrogen-bond donors (Lipinski definition) is 1. The summed E-state index contributed by atoms with van der Waals surface area (Å²) >= 11 is 11.9. The maximum atomic E-state index is 12.3. The van der Waals surface area contributed by atoms with Crippen molar-refractivity contribution in [2.45, 2.75) is 6.92 Å². The SMILES string of the molecule is Cc1ccc2nc(-c3cccc(NC(=O)COc4ccc(Cl)cc4Cl)c3)cn2c1. The molecular formula is C22H17Cl2N3O2. The summed E-state index contributed by atoms with van der Waals surface area (Å²) in [6.45, 7) is 1.87. The molecule has 0 aliphatic carbocycles. The van der Waals surface area contributed by atoms with Crippen molar-refractivity contribution in [3.05, 3.63) is 82.6 Å². The first kappa shape index (κ1) is 19.3. The highest BCUT2D eigenvalue weighted by Crippen LogP contribution is 2.27. The van der Waals surface area contributed by atoms with E-state index in [1.54, 1.807) is 18.2 Å². The molecule has 2 heterocycles. The molecule has 0 unspecified atom stereocenters. The summed E-state index contributed by atoms with van der Waals surface area (Å²) in [6.07, 6.45) is 3.99. The van der Waals surface area contributed by atoms with E-state index in [2.05, 4.69) is 10.3 Å². The molecule has 0 radical (unpaired) electrons. The van der Waals surface area contributed by atoms with Crippen molar-refractivity contribution in [2.24, 2.45) is 0 Å². The summed E-state index contributed by atoms with van der Waals surface area (Å²) in [7, 11) is 0. The zero-order valence-electron chi connectivity index (χ0n) is 15.5. The summed E-state index contributed by atoms with van der Waals surface area (Å²) in [5.74, 6) is 0.110. The molecule has 0 saturated carbocycles. The third kappa shape index (κ3) is 4.53. The number of benzene rings is 2. The Hall–Kier alpha value is -3.02. The van der Waals surface area contributed by atoms with E-state index in [0.717, 1.165) is 22.5 Å². The number of pyridine rings is 1. The molecule has 146 valence electrons. The molecule has 4 aromatic rings. The van der Waals surface area contributed by atoms with Crippen LogP contribution in [0.4, 0.5) is 5.69 Å². The number of nitrogens with one attached hydrogen (secondary N) is 1. The van der Waals surface area contributed by atoms with Crippen LogP contribution >= 0.6 is 23.2 Å². The van der Waals surface area contributed by atoms with Gasteiger partial charge in [0.15, 0.2) is 6.61 Å². The van der Waals surface area contributed by atoms with E-state index in [1.807, 2.05) is 60.1 Å². The minimum Gasteiger partial charge on any atom is -0.482 e. The monoisotopic (exact) mass is 425 g/mol. The van der Waals surface area contributed by atoms with Gasteiger partial charge in [0.1, 0.15) is 11.4 Å². The van der Waals surface area contributed by atoms with Gasteiger partial charge in [-0.2, -0.15) is 0 Å². The molecule has 7 heteroatoms. The molecule has 0 fully saturated rings. The number of hydrogen-bond acceptors (Lipinski definition) is 3. The average molecular weight is 426 g/mol. The minimum atomic E-state index is -0.293. The standard InChI is InChI=1S/C22H17Cl2N3O2/c1-14-5-8-21-26-19(12-27(21)11-14)15-3-2-4-17(9-15)25-22(28)13-29-20-7-6-16(23)10-18(20)24/h2-12H,13H2,1H3,(H,25,28). The van der Waals surface area contributed by atoms with Crippen LogP contribution in [0, 0.1) is 6.92 Å². The Labute approximate surface area is 177 Å². The van der Waals surface area contributed by atoms with Gasteiger partial charge in [-0.15, -0.1) is 0 Å². The van der Waals surface area contributed by atoms with Crippen molar-refractivity contribution in [2.75, 3.05) is 11.9 Å². The Balaban J connectivity index is 1.46. The van der Waals surface area contributed by atoms with Gasteiger partial charge in [-0.25, -0.2) is 4.98 Å². The van der Waals surface area contributed by atoms with E-state index >= 15 is 0 Å². The van der Waals surface area contributed by atoms with Gasteiger partial charge < -0.3 is 14.5 Å². The Kier molecular flexibility index (Phi) is 5.43. The number of nitrogens with zero attached hydrogens (tertiary/aromatic N) is 2. The number of fused-ring (bicyclic) bond motifs is 1. The van der Waals surface area contributed by atoms with Gasteiger partial charge in [-0.05, 0) is 48.9 Å². The van der Waals surface area contributed by atoms with Gasteiger partial charge in [0.05, 0.1) is 10.7 Å². The van der Waals surface area contributed by atoms with Crippen LogP contribution < -0.4 is 10.1 Å². The van der Waals surface area contributed by atoms with Crippen LogP contribution in [-0.4, -0.2) is 21.9 Å². The van der Waals surface area contributed by atoms with Crippen molar-refractivity contribution >= 4 is 40.4 Å². The van der Waals surface area contributed by atoms with Gasteiger partial charge in [-0.1, -0.05) is 41.4 Å². The second-order valence-corrected chi connectivity index (χ2v) is 7.43. The van der Waals surface area contributed by atoms with Crippen LogP contribution in [0.3, 0.4) is 0 Å². The number of halogens is 2. The van der Waals surface area contributed by atoms with Crippen LogP contribution in [0.5, 0.6) is 5.75 Å². The zero-order chi connectivity index (χ0) is 20.4. The van der Waals surface area contributed by atoms with Gasteiger partial charge in [0.2, 0.25) is 0 Å². The molecule has 0 aliphatic rings. The molecule has 0 atom stereocenters. The largest absolute Gasteiger partial charge is 0.482 e. The predicted octanol–water partition coefficient (Wildman–Crippen LogP) is 5.63. The van der Waals surface area contributed by atoms with E-state index in [9.17, 15) is 4.79 Å². The van der Waals surface area contributed by atoms with Gasteiger partial charge in [0.25, 0.3) is 5.91 Å². The number of rotatable bonds is 5. The van der Waals surface area contributed by atoms with Crippen molar-refractivity contribution < 1.29 is 9.53 Å². The molecule has 4 rings (SSSR count). The highest BCUT2D eigenvalue weighted by molar-refractivity contribution is 6.35. The number of aromatic nitrogens is 2. The molecule has 0 aliphatic heterocycles. The maximum Gasteiger partial charge on any atom is 0.262 e. The molecule has 5 nitrogen and oxygen atoms in total. The molecule has 0 spiro atoms. The lowest BCUT2D eigenvalue weighted by Gasteiger charge is -2.09. The summed E-state index contributed by atoms with van der Waals surface area (Å²) < 4.78 is 7.46. The van der Waals surface area contributed by atoms with Crippen LogP contribution in [0.15, 0.2) is 67.0 Å². The molecule has 1 amide bonds. The molecule has 29 heavy (non-hydrogen) atoms. The molecule has 2 aromatic heterocycles. The maximum absolute atomic E-state index is 12.3. The van der Waals surface area contributed by atoms with Crippen molar-refractivity contribution in [3.8, 4) is 17.0 Å². The topological polar surface area (TPSA) is 55.6 Å². The Morgan fingerprint density at radius 1 is 1.10 bits per heavy atom. The van der Waals surface area contributed by atoms with E-state index in [1.165, 1.54) is 0 Å². The van der Waals surface area contributed by atoms with Gasteiger partial charge in [-0.3, -0.25) is 4.79 Å². The molecule has 0 saturated heterocycles. The lowest BCUT2D eigenvalue weighted by molar-refractivity contribution is -0.118. The first-order chi connectivity index (χ1) is 14.0. The highest BCUT2D eigenvalue weighted by Gasteiger charge is 2.09. The van der Waals surface area contributed by atoms with Gasteiger partial charge >= 0.3 is 0 Å². The van der Waals surface area contributed by atoms with Crippen LogP contribution in [-0.2, 0) is 4.79 Å². The fourth-order valence-corrected chi connectivity index (χ4v) is 3.39. The number of ether oxygens (including phenoxy) is 1. The Bertz CT molecular complexity index is 1200. The van der Waals surface area contributed by atoms with Crippen LogP contribution in [0.25, 0.3) is 16.9 Å².